The van der Waals surface area contributed by atoms with Crippen LogP contribution in [0.1, 0.15) is 22.2 Å². The summed E-state index contributed by atoms with van der Waals surface area (Å²) in [4.78, 5) is 14.8. The molecule has 2 heterocycles. The van der Waals surface area contributed by atoms with Gasteiger partial charge in [-0.05, 0) is 29.8 Å². The Morgan fingerprint density at radius 2 is 1.96 bits per heavy atom. The Kier molecular flexibility index (Phi) is 4.01. The van der Waals surface area contributed by atoms with Crippen molar-refractivity contribution in [3.8, 4) is 0 Å². The molecule has 5 heteroatoms. The Morgan fingerprint density at radius 3 is 2.76 bits per heavy atom. The molecule has 4 nitrogen and oxygen atoms in total. The minimum Gasteiger partial charge on any atom is -0.370 e. The number of rotatable bonds is 2. The van der Waals surface area contributed by atoms with Crippen molar-refractivity contribution in [1.29, 1.82) is 0 Å². The molecule has 1 atom stereocenters. The molecule has 1 saturated heterocycles. The number of carbonyl (C=O) groups excluding carboxylic acids is 1. The number of nitrogens with zero attached hydrogens (tertiary/aromatic N) is 2. The Balaban J connectivity index is 1.61. The summed E-state index contributed by atoms with van der Waals surface area (Å²) in [6.45, 7) is 1.57. The molecule has 1 aliphatic rings. The van der Waals surface area contributed by atoms with E-state index in [9.17, 15) is 9.18 Å². The first kappa shape index (κ1) is 15.8. The number of hydrogen-bond donors (Lipinski definition) is 0. The zero-order chi connectivity index (χ0) is 17.4. The highest BCUT2D eigenvalue weighted by Gasteiger charge is 2.27. The lowest BCUT2D eigenvalue weighted by atomic mass is 10.1. The van der Waals surface area contributed by atoms with Gasteiger partial charge in [0.1, 0.15) is 17.6 Å². The van der Waals surface area contributed by atoms with E-state index in [0.717, 1.165) is 16.5 Å². The minimum atomic E-state index is -0.299. The van der Waals surface area contributed by atoms with Gasteiger partial charge in [0.05, 0.1) is 13.2 Å². The molecule has 0 spiro atoms. The number of aryl methyl sites for hydroxylation is 1. The number of morpholine rings is 1. The molecule has 2 aromatic carbocycles. The van der Waals surface area contributed by atoms with Gasteiger partial charge in [0.2, 0.25) is 0 Å². The third-order valence-electron chi connectivity index (χ3n) is 4.75. The van der Waals surface area contributed by atoms with Crippen LogP contribution in [0.3, 0.4) is 0 Å². The molecule has 0 radical (unpaired) electrons. The predicted octanol–water partition coefficient (Wildman–Crippen LogP) is 3.53. The quantitative estimate of drug-likeness (QED) is 0.716. The van der Waals surface area contributed by atoms with Crippen LogP contribution in [-0.2, 0) is 11.8 Å². The minimum absolute atomic E-state index is 0.0525. The van der Waals surface area contributed by atoms with Crippen LogP contribution in [-0.4, -0.2) is 35.1 Å². The van der Waals surface area contributed by atoms with Gasteiger partial charge in [-0.15, -0.1) is 0 Å². The highest BCUT2D eigenvalue weighted by molar-refractivity contribution is 5.98. The fourth-order valence-corrected chi connectivity index (χ4v) is 3.39. The number of ether oxygens (including phenoxy) is 1. The van der Waals surface area contributed by atoms with Crippen molar-refractivity contribution in [3.05, 3.63) is 71.7 Å². The first-order valence-electron chi connectivity index (χ1n) is 8.34. The molecule has 0 saturated carbocycles. The van der Waals surface area contributed by atoms with Crippen molar-refractivity contribution in [2.75, 3.05) is 19.7 Å². The van der Waals surface area contributed by atoms with Crippen LogP contribution in [0.25, 0.3) is 10.9 Å². The smallest absolute Gasteiger partial charge is 0.270 e. The van der Waals surface area contributed by atoms with E-state index in [1.54, 1.807) is 12.1 Å². The fourth-order valence-electron chi connectivity index (χ4n) is 3.39. The van der Waals surface area contributed by atoms with Crippen LogP contribution in [0, 0.1) is 5.82 Å². The third kappa shape index (κ3) is 2.91. The molecule has 0 bridgehead atoms. The van der Waals surface area contributed by atoms with Crippen molar-refractivity contribution in [2.24, 2.45) is 7.05 Å². The number of aromatic nitrogens is 1. The summed E-state index contributed by atoms with van der Waals surface area (Å²) >= 11 is 0. The number of hydrogen-bond acceptors (Lipinski definition) is 2. The Hall–Kier alpha value is -2.66. The van der Waals surface area contributed by atoms with Gasteiger partial charge in [0.15, 0.2) is 0 Å². The van der Waals surface area contributed by atoms with Crippen LogP contribution in [0.5, 0.6) is 0 Å². The van der Waals surface area contributed by atoms with E-state index in [4.69, 9.17) is 4.74 Å². The Morgan fingerprint density at radius 1 is 1.16 bits per heavy atom. The molecule has 0 aliphatic carbocycles. The molecule has 1 aliphatic heterocycles. The molecule has 4 rings (SSSR count). The number of benzene rings is 2. The van der Waals surface area contributed by atoms with Crippen LogP contribution in [0.15, 0.2) is 54.6 Å². The lowest BCUT2D eigenvalue weighted by Crippen LogP contribution is -2.42. The molecule has 3 aromatic rings. The molecule has 1 fully saturated rings. The van der Waals surface area contributed by atoms with Crippen molar-refractivity contribution in [1.82, 2.24) is 9.47 Å². The van der Waals surface area contributed by atoms with Crippen molar-refractivity contribution >= 4 is 16.8 Å². The molecule has 25 heavy (non-hydrogen) atoms. The predicted molar refractivity (Wildman–Crippen MR) is 93.9 cm³/mol. The fraction of sp³-hybridized carbons (Fsp3) is 0.250. The molecular weight excluding hydrogens is 319 g/mol. The molecule has 0 N–H and O–H groups in total. The van der Waals surface area contributed by atoms with Crippen LogP contribution < -0.4 is 0 Å². The van der Waals surface area contributed by atoms with Gasteiger partial charge in [0, 0.05) is 24.5 Å². The number of halogens is 1. The summed E-state index contributed by atoms with van der Waals surface area (Å²) < 4.78 is 21.1. The second kappa shape index (κ2) is 6.33. The van der Waals surface area contributed by atoms with Crippen molar-refractivity contribution in [3.63, 3.8) is 0 Å². The standard InChI is InChI=1S/C20H19FN2O2/c1-22-17-8-7-16(21)11-15(17)12-18(22)20(24)23-9-10-25-19(13-23)14-5-3-2-4-6-14/h2-8,11-12,19H,9-10,13H2,1H3. The largest absolute Gasteiger partial charge is 0.370 e. The molecular formula is C20H19FN2O2. The Bertz CT molecular complexity index is 920. The van der Waals surface area contributed by atoms with E-state index in [0.29, 0.717) is 25.4 Å². The van der Waals surface area contributed by atoms with Crippen LogP contribution >= 0.6 is 0 Å². The van der Waals surface area contributed by atoms with Gasteiger partial charge in [-0.3, -0.25) is 4.79 Å². The van der Waals surface area contributed by atoms with Gasteiger partial charge in [-0.25, -0.2) is 4.39 Å². The summed E-state index contributed by atoms with van der Waals surface area (Å²) in [6, 6.07) is 16.3. The zero-order valence-electron chi connectivity index (χ0n) is 14.0. The highest BCUT2D eigenvalue weighted by atomic mass is 19.1. The second-order valence-corrected chi connectivity index (χ2v) is 6.31. The topological polar surface area (TPSA) is 34.5 Å². The third-order valence-corrected chi connectivity index (χ3v) is 4.75. The van der Waals surface area contributed by atoms with Gasteiger partial charge >= 0.3 is 0 Å². The molecule has 128 valence electrons. The monoisotopic (exact) mass is 338 g/mol. The first-order valence-corrected chi connectivity index (χ1v) is 8.34. The molecule has 1 aromatic heterocycles. The van der Waals surface area contributed by atoms with Crippen molar-refractivity contribution in [2.45, 2.75) is 6.10 Å². The summed E-state index contributed by atoms with van der Waals surface area (Å²) in [7, 11) is 1.84. The summed E-state index contributed by atoms with van der Waals surface area (Å²) in [5.74, 6) is -0.351. The number of carbonyl (C=O) groups is 1. The average molecular weight is 338 g/mol. The van der Waals surface area contributed by atoms with E-state index in [1.165, 1.54) is 12.1 Å². The number of fused-ring (bicyclic) bond motifs is 1. The summed E-state index contributed by atoms with van der Waals surface area (Å²) in [6.07, 6.45) is -0.119. The van der Waals surface area contributed by atoms with E-state index in [1.807, 2.05) is 46.8 Å². The first-order chi connectivity index (χ1) is 12.1. The van der Waals surface area contributed by atoms with E-state index >= 15 is 0 Å². The van der Waals surface area contributed by atoms with E-state index in [2.05, 4.69) is 0 Å². The van der Waals surface area contributed by atoms with Gasteiger partial charge < -0.3 is 14.2 Å². The summed E-state index contributed by atoms with van der Waals surface area (Å²) in [5.41, 5.74) is 2.48. The molecule has 1 amide bonds. The van der Waals surface area contributed by atoms with Crippen LogP contribution in [0.2, 0.25) is 0 Å². The van der Waals surface area contributed by atoms with Gasteiger partial charge in [-0.2, -0.15) is 0 Å². The maximum atomic E-state index is 13.5. The highest BCUT2D eigenvalue weighted by Crippen LogP contribution is 2.25. The van der Waals surface area contributed by atoms with Crippen LogP contribution in [0.4, 0.5) is 4.39 Å². The normalized spacial score (nSPS) is 17.8. The van der Waals surface area contributed by atoms with E-state index in [-0.39, 0.29) is 17.8 Å². The lowest BCUT2D eigenvalue weighted by Gasteiger charge is -2.33. The second-order valence-electron chi connectivity index (χ2n) is 6.31. The number of amides is 1. The summed E-state index contributed by atoms with van der Waals surface area (Å²) in [5, 5.41) is 0.735. The zero-order valence-corrected chi connectivity index (χ0v) is 14.0. The van der Waals surface area contributed by atoms with Crippen molar-refractivity contribution < 1.29 is 13.9 Å². The maximum Gasteiger partial charge on any atom is 0.270 e. The lowest BCUT2D eigenvalue weighted by molar-refractivity contribution is -0.0231. The van der Waals surface area contributed by atoms with Gasteiger partial charge in [0.25, 0.3) is 5.91 Å². The maximum absolute atomic E-state index is 13.5. The molecule has 1 unspecified atom stereocenters. The average Bonchev–Trinajstić information content (AvgIpc) is 2.98. The van der Waals surface area contributed by atoms with Gasteiger partial charge in [-0.1, -0.05) is 30.3 Å². The Labute approximate surface area is 145 Å². The SMILES string of the molecule is Cn1c(C(=O)N2CCOC(c3ccccc3)C2)cc2cc(F)ccc21. The van der Waals surface area contributed by atoms with E-state index < -0.39 is 0 Å².